The normalized spacial score (nSPS) is 18.2. The van der Waals surface area contributed by atoms with Gasteiger partial charge in [-0.3, -0.25) is 19.2 Å². The van der Waals surface area contributed by atoms with Gasteiger partial charge in [-0.2, -0.15) is 0 Å². The number of carbonyl (C=O) groups excluding carboxylic acids is 4. The molecular formula is C32H58N4O5. The molecule has 1 fully saturated rings. The largest absolute Gasteiger partial charge is 0.385 e. The maximum atomic E-state index is 12.9. The maximum Gasteiger partial charge on any atom is 0.245 e. The van der Waals surface area contributed by atoms with Gasteiger partial charge in [0.05, 0.1) is 12.1 Å². The van der Waals surface area contributed by atoms with Crippen LogP contribution in [-0.4, -0.2) is 70.3 Å². The molecule has 0 bridgehead atoms. The van der Waals surface area contributed by atoms with E-state index >= 15 is 0 Å². The Bertz CT molecular complexity index is 816. The van der Waals surface area contributed by atoms with Crippen LogP contribution < -0.4 is 16.4 Å². The number of hydrogen-bond donors (Lipinski definition) is 4. The van der Waals surface area contributed by atoms with E-state index in [0.717, 1.165) is 38.5 Å². The molecule has 1 heterocycles. The third-order valence-corrected chi connectivity index (χ3v) is 7.83. The van der Waals surface area contributed by atoms with Gasteiger partial charge in [0.1, 0.15) is 18.2 Å². The zero-order valence-corrected chi connectivity index (χ0v) is 26.2. The van der Waals surface area contributed by atoms with Crippen LogP contribution in [0.4, 0.5) is 0 Å². The van der Waals surface area contributed by atoms with Gasteiger partial charge >= 0.3 is 0 Å². The maximum absolute atomic E-state index is 12.9. The molecule has 0 radical (unpaired) electrons. The summed E-state index contributed by atoms with van der Waals surface area (Å²) < 4.78 is 0. The summed E-state index contributed by atoms with van der Waals surface area (Å²) in [5, 5.41) is 15.6. The molecule has 1 aliphatic rings. The molecule has 41 heavy (non-hydrogen) atoms. The second kappa shape index (κ2) is 21.4. The summed E-state index contributed by atoms with van der Waals surface area (Å²) in [7, 11) is 0. The number of rotatable bonds is 22. The highest BCUT2D eigenvalue weighted by molar-refractivity contribution is 5.96. The summed E-state index contributed by atoms with van der Waals surface area (Å²) in [6, 6.07) is -3.12. The average Bonchev–Trinajstić information content (AvgIpc) is 3.44. The summed E-state index contributed by atoms with van der Waals surface area (Å²) in [6.45, 7) is 7.30. The first-order valence-corrected chi connectivity index (χ1v) is 16.1. The van der Waals surface area contributed by atoms with Crippen LogP contribution in [-0.2, 0) is 19.2 Å². The molecule has 236 valence electrons. The molecule has 9 heteroatoms. The van der Waals surface area contributed by atoms with Gasteiger partial charge in [0.2, 0.25) is 17.7 Å². The Morgan fingerprint density at radius 3 is 2.00 bits per heavy atom. The number of nitrogens with one attached hydrogen (secondary N) is 2. The van der Waals surface area contributed by atoms with E-state index < -0.39 is 47.9 Å². The van der Waals surface area contributed by atoms with E-state index in [1.165, 1.54) is 56.8 Å². The second-order valence-electron chi connectivity index (χ2n) is 11.7. The topological polar surface area (TPSA) is 142 Å². The Balaban J connectivity index is 2.25. The predicted octanol–water partition coefficient (Wildman–Crippen LogP) is 4.30. The molecule has 1 rings (SSSR count). The number of aliphatic hydroxyl groups excluding tert-OH is 1. The monoisotopic (exact) mass is 578 g/mol. The summed E-state index contributed by atoms with van der Waals surface area (Å²) in [5.74, 6) is -1.64. The van der Waals surface area contributed by atoms with Gasteiger partial charge in [0.15, 0.2) is 5.78 Å². The third kappa shape index (κ3) is 15.0. The van der Waals surface area contributed by atoms with Crippen LogP contribution in [0.15, 0.2) is 12.2 Å². The third-order valence-electron chi connectivity index (χ3n) is 7.83. The number of carbonyl (C=O) groups is 4. The quantitative estimate of drug-likeness (QED) is 0.111. The Morgan fingerprint density at radius 2 is 1.41 bits per heavy atom. The van der Waals surface area contributed by atoms with Crippen molar-refractivity contribution in [2.45, 2.75) is 161 Å². The lowest BCUT2D eigenvalue weighted by Crippen LogP contribution is -2.55. The molecule has 1 aliphatic heterocycles. The van der Waals surface area contributed by atoms with Gasteiger partial charge in [-0.05, 0) is 65.7 Å². The first-order valence-electron chi connectivity index (χ1n) is 16.1. The average molecular weight is 579 g/mol. The van der Waals surface area contributed by atoms with Crippen LogP contribution in [0.5, 0.6) is 0 Å². The highest BCUT2D eigenvalue weighted by Gasteiger charge is 2.37. The fraction of sp³-hybridized carbons (Fsp3) is 0.812. The molecule has 1 saturated heterocycles. The first kappa shape index (κ1) is 36.8. The van der Waals surface area contributed by atoms with Crippen LogP contribution in [0.25, 0.3) is 0 Å². The second-order valence-corrected chi connectivity index (χ2v) is 11.7. The SMILES string of the molecule is CCCCCCCCC=CCCCCCCCC(O)C(=O)[C@H](C)NC(=O)[C@@H]1CCCN1C(=O)[C@H](C)NC(=O)[C@H](C)N. The molecule has 5 N–H and O–H groups in total. The van der Waals surface area contributed by atoms with E-state index in [0.29, 0.717) is 25.8 Å². The number of amides is 3. The molecule has 9 nitrogen and oxygen atoms in total. The molecule has 1 unspecified atom stereocenters. The van der Waals surface area contributed by atoms with Gasteiger partial charge in [0, 0.05) is 6.54 Å². The Hall–Kier alpha value is -2.26. The number of Topliss-reactive ketones (excluding diaryl/α,β-unsaturated/α-hetero) is 1. The van der Waals surface area contributed by atoms with Crippen molar-refractivity contribution in [1.29, 1.82) is 0 Å². The summed E-state index contributed by atoms with van der Waals surface area (Å²) in [4.78, 5) is 51.7. The number of aliphatic hydroxyl groups is 1. The van der Waals surface area contributed by atoms with E-state index in [4.69, 9.17) is 5.73 Å². The van der Waals surface area contributed by atoms with E-state index in [1.807, 2.05) is 0 Å². The van der Waals surface area contributed by atoms with E-state index in [1.54, 1.807) is 13.8 Å². The van der Waals surface area contributed by atoms with E-state index in [-0.39, 0.29) is 5.91 Å². The summed E-state index contributed by atoms with van der Waals surface area (Å²) >= 11 is 0. The van der Waals surface area contributed by atoms with Crippen molar-refractivity contribution in [2.24, 2.45) is 5.73 Å². The van der Waals surface area contributed by atoms with E-state index in [9.17, 15) is 24.3 Å². The standard InChI is InChI=1S/C32H58N4O5/c1-5-6-7-8-9-10-11-12-13-14-15-16-17-18-19-22-28(37)29(38)25(3)34-31(40)27-21-20-23-36(27)32(41)26(4)35-30(39)24(2)33/h12-13,24-28,37H,5-11,14-23,33H2,1-4H3,(H,34,40)(H,35,39)/t24-,25-,26-,27-,28?/m0/s1. The van der Waals surface area contributed by atoms with Crippen LogP contribution >= 0.6 is 0 Å². The molecule has 0 spiro atoms. The Morgan fingerprint density at radius 1 is 0.854 bits per heavy atom. The van der Waals surface area contributed by atoms with Crippen LogP contribution in [0.1, 0.15) is 130 Å². The van der Waals surface area contributed by atoms with Crippen molar-refractivity contribution in [3.63, 3.8) is 0 Å². The number of hydrogen-bond acceptors (Lipinski definition) is 6. The molecule has 5 atom stereocenters. The molecule has 3 amide bonds. The Labute approximate surface area is 248 Å². The van der Waals surface area contributed by atoms with Crippen molar-refractivity contribution in [3.05, 3.63) is 12.2 Å². The van der Waals surface area contributed by atoms with Crippen molar-refractivity contribution in [3.8, 4) is 0 Å². The molecular weight excluding hydrogens is 520 g/mol. The van der Waals surface area contributed by atoms with Gasteiger partial charge in [-0.1, -0.05) is 76.9 Å². The first-order chi connectivity index (χ1) is 19.6. The zero-order chi connectivity index (χ0) is 30.6. The number of ketones is 1. The summed E-state index contributed by atoms with van der Waals surface area (Å²) in [5.41, 5.74) is 5.56. The molecule has 0 aromatic carbocycles. The molecule has 0 aromatic heterocycles. The fourth-order valence-electron chi connectivity index (χ4n) is 5.18. The van der Waals surface area contributed by atoms with Crippen LogP contribution in [0.3, 0.4) is 0 Å². The van der Waals surface area contributed by atoms with Crippen molar-refractivity contribution >= 4 is 23.5 Å². The molecule has 0 aromatic rings. The zero-order valence-electron chi connectivity index (χ0n) is 26.2. The minimum Gasteiger partial charge on any atom is -0.385 e. The molecule has 0 saturated carbocycles. The van der Waals surface area contributed by atoms with Crippen molar-refractivity contribution in [1.82, 2.24) is 15.5 Å². The van der Waals surface area contributed by atoms with Crippen molar-refractivity contribution in [2.75, 3.05) is 6.54 Å². The fourth-order valence-corrected chi connectivity index (χ4v) is 5.18. The minimum absolute atomic E-state index is 0.361. The molecule has 0 aliphatic carbocycles. The number of nitrogens with two attached hydrogens (primary N) is 1. The minimum atomic E-state index is -1.12. The number of allylic oxidation sites excluding steroid dienone is 2. The van der Waals surface area contributed by atoms with E-state index in [2.05, 4.69) is 29.7 Å². The number of nitrogens with zero attached hydrogens (tertiary/aromatic N) is 1. The number of likely N-dealkylation sites (tertiary alicyclic amines) is 1. The highest BCUT2D eigenvalue weighted by Crippen LogP contribution is 2.19. The van der Waals surface area contributed by atoms with Gasteiger partial charge in [-0.25, -0.2) is 0 Å². The highest BCUT2D eigenvalue weighted by atomic mass is 16.3. The lowest BCUT2D eigenvalue weighted by atomic mass is 10.0. The lowest BCUT2D eigenvalue weighted by molar-refractivity contribution is -0.142. The van der Waals surface area contributed by atoms with Gasteiger partial charge in [0.25, 0.3) is 0 Å². The summed E-state index contributed by atoms with van der Waals surface area (Å²) in [6.07, 6.45) is 20.4. The van der Waals surface area contributed by atoms with Crippen molar-refractivity contribution < 1.29 is 24.3 Å². The number of unbranched alkanes of at least 4 members (excludes halogenated alkanes) is 11. The predicted molar refractivity (Wildman–Crippen MR) is 164 cm³/mol. The lowest BCUT2D eigenvalue weighted by Gasteiger charge is -2.28. The van der Waals surface area contributed by atoms with Gasteiger partial charge in [-0.15, -0.1) is 0 Å². The van der Waals surface area contributed by atoms with Crippen LogP contribution in [0.2, 0.25) is 0 Å². The Kier molecular flexibility index (Phi) is 19.2. The van der Waals surface area contributed by atoms with Gasteiger partial charge < -0.3 is 26.4 Å². The van der Waals surface area contributed by atoms with Crippen LogP contribution in [0, 0.1) is 0 Å². The smallest absolute Gasteiger partial charge is 0.245 e.